The molecule has 122 valence electrons. The van der Waals surface area contributed by atoms with Crippen molar-refractivity contribution in [2.24, 2.45) is 0 Å². The predicted octanol–water partition coefficient (Wildman–Crippen LogP) is 3.66. The fourth-order valence-corrected chi connectivity index (χ4v) is 2.90. The molecular weight excluding hydrogens is 302 g/mol. The number of nitrogens with zero attached hydrogens (tertiary/aromatic N) is 1. The maximum atomic E-state index is 12.7. The second-order valence-corrected chi connectivity index (χ2v) is 6.16. The highest BCUT2D eigenvalue weighted by molar-refractivity contribution is 6.14. The van der Waals surface area contributed by atoms with Gasteiger partial charge < -0.3 is 10.0 Å². The molecule has 0 saturated carbocycles. The lowest BCUT2D eigenvalue weighted by molar-refractivity contribution is 0.0697. The molecule has 0 heterocycles. The monoisotopic (exact) mass is 321 g/mol. The van der Waals surface area contributed by atoms with Crippen molar-refractivity contribution in [2.45, 2.75) is 12.8 Å². The van der Waals surface area contributed by atoms with E-state index in [0.29, 0.717) is 12.0 Å². The molecule has 0 atom stereocenters. The molecule has 0 bridgehead atoms. The van der Waals surface area contributed by atoms with E-state index in [9.17, 15) is 9.59 Å². The summed E-state index contributed by atoms with van der Waals surface area (Å²) in [4.78, 5) is 25.8. The molecule has 0 amide bonds. The molecule has 0 unspecified atom stereocenters. The smallest absolute Gasteiger partial charge is 0.335 e. The molecule has 2 aromatic rings. The van der Waals surface area contributed by atoms with E-state index < -0.39 is 5.97 Å². The van der Waals surface area contributed by atoms with Crippen LogP contribution in [0.5, 0.6) is 0 Å². The van der Waals surface area contributed by atoms with E-state index in [0.717, 1.165) is 28.8 Å². The summed E-state index contributed by atoms with van der Waals surface area (Å²) in [6, 6.07) is 12.8. The second-order valence-electron chi connectivity index (χ2n) is 6.16. The van der Waals surface area contributed by atoms with Crippen LogP contribution in [0.3, 0.4) is 0 Å². The average Bonchev–Trinajstić information content (AvgIpc) is 2.57. The highest BCUT2D eigenvalue weighted by Crippen LogP contribution is 2.28. The minimum atomic E-state index is -1.01. The van der Waals surface area contributed by atoms with Gasteiger partial charge in [0.1, 0.15) is 0 Å². The molecule has 1 N–H and O–H groups in total. The summed E-state index contributed by atoms with van der Waals surface area (Å²) in [6.45, 7) is 0. The fraction of sp³-hybridized carbons (Fsp3) is 0.200. The number of carboxylic acids is 1. The minimum Gasteiger partial charge on any atom is -0.478 e. The number of benzene rings is 2. The van der Waals surface area contributed by atoms with Gasteiger partial charge in [0.25, 0.3) is 0 Å². The minimum absolute atomic E-state index is 0.0731. The third kappa shape index (κ3) is 3.08. The number of aromatic carboxylic acids is 1. The van der Waals surface area contributed by atoms with Gasteiger partial charge in [-0.2, -0.15) is 0 Å². The molecule has 4 heteroatoms. The van der Waals surface area contributed by atoms with E-state index >= 15 is 0 Å². The van der Waals surface area contributed by atoms with Crippen LogP contribution < -0.4 is 4.90 Å². The molecule has 0 spiro atoms. The number of carboxylic acid groups (broad SMARTS) is 1. The molecule has 3 rings (SSSR count). The quantitative estimate of drug-likeness (QED) is 0.877. The lowest BCUT2D eigenvalue weighted by atomic mass is 9.85. The number of aryl methyl sites for hydroxylation is 1. The molecule has 1 aliphatic carbocycles. The maximum Gasteiger partial charge on any atom is 0.335 e. The fourth-order valence-electron chi connectivity index (χ4n) is 2.90. The molecule has 4 nitrogen and oxygen atoms in total. The number of carbonyl (C=O) groups is 2. The molecule has 0 fully saturated rings. The van der Waals surface area contributed by atoms with Gasteiger partial charge in [-0.15, -0.1) is 0 Å². The Balaban J connectivity index is 1.92. The van der Waals surface area contributed by atoms with Crippen LogP contribution in [-0.2, 0) is 6.42 Å². The summed E-state index contributed by atoms with van der Waals surface area (Å²) in [5, 5.41) is 9.11. The first-order valence-electron chi connectivity index (χ1n) is 7.84. The van der Waals surface area contributed by atoms with E-state index in [1.807, 2.05) is 49.3 Å². The Labute approximate surface area is 141 Å². The van der Waals surface area contributed by atoms with Crippen molar-refractivity contribution in [3.05, 3.63) is 70.3 Å². The Hall–Kier alpha value is -2.88. The highest BCUT2D eigenvalue weighted by Gasteiger charge is 2.23. The predicted molar refractivity (Wildman–Crippen MR) is 94.8 cm³/mol. The van der Waals surface area contributed by atoms with Crippen molar-refractivity contribution in [3.8, 4) is 0 Å². The van der Waals surface area contributed by atoms with Crippen LogP contribution in [-0.4, -0.2) is 31.0 Å². The van der Waals surface area contributed by atoms with Crippen molar-refractivity contribution in [1.29, 1.82) is 0 Å². The number of ketones is 1. The van der Waals surface area contributed by atoms with Gasteiger partial charge in [0.15, 0.2) is 5.78 Å². The summed E-state index contributed by atoms with van der Waals surface area (Å²) >= 11 is 0. The number of rotatable bonds is 3. The van der Waals surface area contributed by atoms with Crippen LogP contribution in [0.2, 0.25) is 0 Å². The van der Waals surface area contributed by atoms with E-state index in [-0.39, 0.29) is 11.3 Å². The summed E-state index contributed by atoms with van der Waals surface area (Å²) < 4.78 is 0. The first-order valence-corrected chi connectivity index (χ1v) is 7.84. The number of carbonyl (C=O) groups excluding carboxylic acids is 1. The maximum absolute atomic E-state index is 12.7. The molecule has 0 radical (unpaired) electrons. The van der Waals surface area contributed by atoms with E-state index in [4.69, 9.17) is 5.11 Å². The SMILES string of the molecule is CN(C)c1ccc(/C=C2\CCc3ccc(C(=O)O)cc3C2=O)cc1. The van der Waals surface area contributed by atoms with Crippen molar-refractivity contribution in [3.63, 3.8) is 0 Å². The number of anilines is 1. The van der Waals surface area contributed by atoms with Gasteiger partial charge in [-0.3, -0.25) is 4.79 Å². The van der Waals surface area contributed by atoms with Crippen LogP contribution in [0.25, 0.3) is 6.08 Å². The van der Waals surface area contributed by atoms with Gasteiger partial charge >= 0.3 is 5.97 Å². The van der Waals surface area contributed by atoms with Gasteiger partial charge in [0, 0.05) is 30.9 Å². The van der Waals surface area contributed by atoms with Crippen LogP contribution in [0.1, 0.15) is 38.3 Å². The Kier molecular flexibility index (Phi) is 4.21. The molecule has 1 aliphatic rings. The average molecular weight is 321 g/mol. The second kappa shape index (κ2) is 6.32. The van der Waals surface area contributed by atoms with E-state index in [2.05, 4.69) is 0 Å². The number of hydrogen-bond donors (Lipinski definition) is 1. The van der Waals surface area contributed by atoms with Gasteiger partial charge in [-0.25, -0.2) is 4.79 Å². The molecular formula is C20H19NO3. The van der Waals surface area contributed by atoms with Gasteiger partial charge in [-0.05, 0) is 54.3 Å². The Morgan fingerprint density at radius 1 is 1.08 bits per heavy atom. The van der Waals surface area contributed by atoms with Crippen molar-refractivity contribution in [1.82, 2.24) is 0 Å². The lowest BCUT2D eigenvalue weighted by Gasteiger charge is -2.18. The molecule has 24 heavy (non-hydrogen) atoms. The highest BCUT2D eigenvalue weighted by atomic mass is 16.4. The first kappa shape index (κ1) is 16.0. The lowest BCUT2D eigenvalue weighted by Crippen LogP contribution is -2.15. The van der Waals surface area contributed by atoms with E-state index in [1.54, 1.807) is 12.1 Å². The Morgan fingerprint density at radius 3 is 2.42 bits per heavy atom. The van der Waals surface area contributed by atoms with Crippen molar-refractivity contribution in [2.75, 3.05) is 19.0 Å². The summed E-state index contributed by atoms with van der Waals surface area (Å²) in [6.07, 6.45) is 3.33. The summed E-state index contributed by atoms with van der Waals surface area (Å²) in [7, 11) is 3.96. The Bertz CT molecular complexity index is 832. The van der Waals surface area contributed by atoms with Gasteiger partial charge in [0.2, 0.25) is 0 Å². The zero-order valence-corrected chi connectivity index (χ0v) is 13.7. The van der Waals surface area contributed by atoms with Crippen LogP contribution in [0.15, 0.2) is 48.0 Å². The van der Waals surface area contributed by atoms with Crippen LogP contribution in [0.4, 0.5) is 5.69 Å². The number of allylic oxidation sites excluding steroid dienone is 1. The standard InChI is InChI=1S/C20H19NO3/c1-21(2)17-9-3-13(4-10-17)11-15-7-5-14-6-8-16(20(23)24)12-18(14)19(15)22/h3-4,6,8-12H,5,7H2,1-2H3,(H,23,24)/b15-11+. The molecule has 2 aromatic carbocycles. The summed E-state index contributed by atoms with van der Waals surface area (Å²) in [5.74, 6) is -1.09. The van der Waals surface area contributed by atoms with Crippen molar-refractivity contribution < 1.29 is 14.7 Å². The number of Topliss-reactive ketones (excluding diaryl/α,β-unsaturated/α-hetero) is 1. The largest absolute Gasteiger partial charge is 0.478 e. The molecule has 0 aromatic heterocycles. The third-order valence-corrected chi connectivity index (χ3v) is 4.31. The normalized spacial score (nSPS) is 15.2. The van der Waals surface area contributed by atoms with Gasteiger partial charge in [0.05, 0.1) is 5.56 Å². The van der Waals surface area contributed by atoms with Crippen molar-refractivity contribution >= 4 is 23.5 Å². The topological polar surface area (TPSA) is 57.6 Å². The molecule has 0 aliphatic heterocycles. The van der Waals surface area contributed by atoms with Crippen LogP contribution in [0, 0.1) is 0 Å². The zero-order valence-electron chi connectivity index (χ0n) is 13.7. The number of hydrogen-bond acceptors (Lipinski definition) is 3. The van der Waals surface area contributed by atoms with E-state index in [1.165, 1.54) is 6.07 Å². The Morgan fingerprint density at radius 2 is 1.79 bits per heavy atom. The third-order valence-electron chi connectivity index (χ3n) is 4.31. The summed E-state index contributed by atoms with van der Waals surface area (Å²) in [5.41, 5.74) is 4.38. The molecule has 0 saturated heterocycles. The first-order chi connectivity index (χ1) is 11.5. The zero-order chi connectivity index (χ0) is 17.3. The van der Waals surface area contributed by atoms with Gasteiger partial charge in [-0.1, -0.05) is 18.2 Å². The number of fused-ring (bicyclic) bond motifs is 1. The van der Waals surface area contributed by atoms with Crippen LogP contribution >= 0.6 is 0 Å².